The Morgan fingerprint density at radius 3 is 2.21 bits per heavy atom. The number of oxazole rings is 1. The van der Waals surface area contributed by atoms with Gasteiger partial charge in [0.15, 0.2) is 12.2 Å². The van der Waals surface area contributed by atoms with E-state index in [2.05, 4.69) is 15.6 Å². The summed E-state index contributed by atoms with van der Waals surface area (Å²) < 4.78 is 91.8. The van der Waals surface area contributed by atoms with E-state index < -0.39 is 40.7 Å². The van der Waals surface area contributed by atoms with Crippen LogP contribution in [0.25, 0.3) is 0 Å². The molecule has 1 amide bonds. The molecule has 210 valence electrons. The van der Waals surface area contributed by atoms with Crippen molar-refractivity contribution >= 4 is 5.91 Å². The molecular formula is C27H27F6N3O3. The number of hydrogen-bond acceptors (Lipinski definition) is 5. The molecular weight excluding hydrogens is 528 g/mol. The van der Waals surface area contributed by atoms with Crippen LogP contribution in [0.3, 0.4) is 0 Å². The molecule has 6 nitrogen and oxygen atoms in total. The first kappa shape index (κ1) is 28.6. The molecule has 1 unspecified atom stereocenters. The lowest BCUT2D eigenvalue weighted by atomic mass is 9.75. The average molecular weight is 556 g/mol. The molecule has 3 aromatic rings. The van der Waals surface area contributed by atoms with Crippen molar-refractivity contribution in [1.82, 2.24) is 15.6 Å². The summed E-state index contributed by atoms with van der Waals surface area (Å²) in [6, 6.07) is 10.6. The van der Waals surface area contributed by atoms with Gasteiger partial charge in [-0.05, 0) is 49.1 Å². The number of amides is 1. The minimum atomic E-state index is -4.96. The smallest absolute Gasteiger partial charge is 0.416 e. The number of alkyl halides is 6. The topological polar surface area (TPSA) is 76.4 Å². The van der Waals surface area contributed by atoms with Crippen molar-refractivity contribution in [3.63, 3.8) is 0 Å². The number of hydrogen-bond donors (Lipinski definition) is 2. The van der Waals surface area contributed by atoms with Crippen molar-refractivity contribution in [2.45, 2.75) is 56.2 Å². The lowest BCUT2D eigenvalue weighted by Gasteiger charge is -2.47. The highest BCUT2D eigenvalue weighted by Gasteiger charge is 2.47. The third kappa shape index (κ3) is 6.27. The molecule has 0 saturated carbocycles. The molecule has 0 aliphatic carbocycles. The largest absolute Gasteiger partial charge is 0.446 e. The Balaban J connectivity index is 1.62. The maximum absolute atomic E-state index is 13.4. The summed E-state index contributed by atoms with van der Waals surface area (Å²) in [6.45, 7) is 2.93. The van der Waals surface area contributed by atoms with Gasteiger partial charge in [-0.3, -0.25) is 4.79 Å². The van der Waals surface area contributed by atoms with Crippen LogP contribution in [-0.2, 0) is 33.0 Å². The van der Waals surface area contributed by atoms with E-state index in [1.165, 1.54) is 26.4 Å². The highest BCUT2D eigenvalue weighted by molar-refractivity contribution is 5.74. The molecule has 0 spiro atoms. The van der Waals surface area contributed by atoms with Crippen LogP contribution in [0.15, 0.2) is 65.5 Å². The highest BCUT2D eigenvalue weighted by Crippen LogP contribution is 2.41. The number of rotatable bonds is 7. The Morgan fingerprint density at radius 2 is 1.72 bits per heavy atom. The van der Waals surface area contributed by atoms with Gasteiger partial charge in [0.1, 0.15) is 5.54 Å². The summed E-state index contributed by atoms with van der Waals surface area (Å²) in [5.41, 5.74) is -4.00. The maximum Gasteiger partial charge on any atom is 0.416 e. The highest BCUT2D eigenvalue weighted by atomic mass is 19.4. The standard InChI is InChI=1S/C27H27F6N3O3/c1-17(19-10-21(26(28,29)30)12-22(11-19)27(31,32)33)38-15-25(20-6-4-3-5-7-20)9-8-24(14-35-25,36-18(2)37)23-13-34-16-39-23/h3-7,10-13,16-17,35H,8-9,14-15H2,1-2H3,(H,36,37)/t17-,24?,25-/m1/s1. The van der Waals surface area contributed by atoms with Crippen LogP contribution >= 0.6 is 0 Å². The van der Waals surface area contributed by atoms with E-state index in [9.17, 15) is 31.1 Å². The van der Waals surface area contributed by atoms with Gasteiger partial charge < -0.3 is 19.8 Å². The molecule has 2 aromatic carbocycles. The Labute approximate surface area is 220 Å². The summed E-state index contributed by atoms with van der Waals surface area (Å²) >= 11 is 0. The zero-order chi connectivity index (χ0) is 28.5. The SMILES string of the molecule is CC(=O)NC1(c2cnco2)CC[C@@](CO[C@H](C)c2cc(C(F)(F)F)cc(C(F)(F)F)c2)(c2ccccc2)NC1. The van der Waals surface area contributed by atoms with Crippen LogP contribution in [0.4, 0.5) is 26.3 Å². The first-order valence-electron chi connectivity index (χ1n) is 12.1. The first-order chi connectivity index (χ1) is 18.2. The average Bonchev–Trinajstić information content (AvgIpc) is 3.43. The minimum absolute atomic E-state index is 0.0671. The Bertz CT molecular complexity index is 1240. The van der Waals surface area contributed by atoms with Gasteiger partial charge in [0, 0.05) is 13.5 Å². The van der Waals surface area contributed by atoms with Crippen molar-refractivity contribution in [1.29, 1.82) is 0 Å². The summed E-state index contributed by atoms with van der Waals surface area (Å²) in [5.74, 6) is 0.167. The molecule has 1 aromatic heterocycles. The molecule has 12 heteroatoms. The Kier molecular flexibility index (Phi) is 7.82. The molecule has 1 saturated heterocycles. The molecule has 3 atom stereocenters. The second kappa shape index (κ2) is 10.6. The van der Waals surface area contributed by atoms with Crippen molar-refractivity contribution in [2.75, 3.05) is 13.2 Å². The van der Waals surface area contributed by atoms with Crippen molar-refractivity contribution in [3.8, 4) is 0 Å². The van der Waals surface area contributed by atoms with Crippen LogP contribution in [0.1, 0.15) is 60.8 Å². The fourth-order valence-electron chi connectivity index (χ4n) is 4.88. The van der Waals surface area contributed by atoms with Gasteiger partial charge in [0.05, 0.1) is 35.6 Å². The normalized spacial score (nSPS) is 22.9. The number of nitrogens with zero attached hydrogens (tertiary/aromatic N) is 1. The van der Waals surface area contributed by atoms with E-state index in [1.54, 1.807) is 0 Å². The molecule has 1 aliphatic heterocycles. The number of piperidine rings is 1. The predicted octanol–water partition coefficient (Wildman–Crippen LogP) is 6.10. The summed E-state index contributed by atoms with van der Waals surface area (Å²) in [4.78, 5) is 16.0. The van der Waals surface area contributed by atoms with Gasteiger partial charge in [-0.25, -0.2) is 4.98 Å². The molecule has 2 N–H and O–H groups in total. The van der Waals surface area contributed by atoms with Crippen molar-refractivity contribution in [3.05, 3.63) is 89.1 Å². The molecule has 39 heavy (non-hydrogen) atoms. The van der Waals surface area contributed by atoms with Crippen molar-refractivity contribution < 1.29 is 40.3 Å². The molecule has 1 aliphatic rings. The lowest BCUT2D eigenvalue weighted by molar-refractivity contribution is -0.143. The van der Waals surface area contributed by atoms with Crippen LogP contribution in [-0.4, -0.2) is 24.0 Å². The number of nitrogens with one attached hydrogen (secondary N) is 2. The number of aromatic nitrogens is 1. The van der Waals surface area contributed by atoms with Gasteiger partial charge in [0.25, 0.3) is 0 Å². The Hall–Kier alpha value is -3.38. The zero-order valence-electron chi connectivity index (χ0n) is 21.1. The van der Waals surface area contributed by atoms with Gasteiger partial charge >= 0.3 is 12.4 Å². The van der Waals surface area contributed by atoms with E-state index in [0.29, 0.717) is 30.7 Å². The third-order valence-electron chi connectivity index (χ3n) is 7.01. The fraction of sp³-hybridized carbons (Fsp3) is 0.407. The van der Waals surface area contributed by atoms with Gasteiger partial charge in [0.2, 0.25) is 5.91 Å². The van der Waals surface area contributed by atoms with Gasteiger partial charge in [-0.1, -0.05) is 30.3 Å². The molecule has 1 fully saturated rings. The summed E-state index contributed by atoms with van der Waals surface area (Å²) in [5, 5.41) is 6.35. The zero-order valence-corrected chi connectivity index (χ0v) is 21.1. The van der Waals surface area contributed by atoms with Crippen molar-refractivity contribution in [2.24, 2.45) is 0 Å². The number of carbonyl (C=O) groups is 1. The van der Waals surface area contributed by atoms with Gasteiger partial charge in [-0.2, -0.15) is 26.3 Å². The Morgan fingerprint density at radius 1 is 1.08 bits per heavy atom. The monoisotopic (exact) mass is 555 g/mol. The van der Waals surface area contributed by atoms with Crippen LogP contribution in [0.2, 0.25) is 0 Å². The quantitative estimate of drug-likeness (QED) is 0.345. The first-order valence-corrected chi connectivity index (χ1v) is 12.1. The van der Waals surface area contributed by atoms with E-state index in [4.69, 9.17) is 9.15 Å². The van der Waals surface area contributed by atoms with E-state index >= 15 is 0 Å². The van der Waals surface area contributed by atoms with E-state index in [0.717, 1.165) is 5.56 Å². The summed E-state index contributed by atoms with van der Waals surface area (Å²) in [7, 11) is 0. The lowest BCUT2D eigenvalue weighted by Crippen LogP contribution is -2.62. The number of benzene rings is 2. The van der Waals surface area contributed by atoms with Crippen LogP contribution in [0.5, 0.6) is 0 Å². The fourth-order valence-corrected chi connectivity index (χ4v) is 4.88. The van der Waals surface area contributed by atoms with Crippen LogP contribution in [0, 0.1) is 0 Å². The maximum atomic E-state index is 13.4. The second-order valence-corrected chi connectivity index (χ2v) is 9.72. The molecule has 4 rings (SSSR count). The number of carbonyl (C=O) groups excluding carboxylic acids is 1. The molecule has 0 radical (unpaired) electrons. The third-order valence-corrected chi connectivity index (χ3v) is 7.01. The van der Waals surface area contributed by atoms with E-state index in [-0.39, 0.29) is 30.7 Å². The molecule has 0 bridgehead atoms. The van der Waals surface area contributed by atoms with E-state index in [1.807, 2.05) is 30.3 Å². The predicted molar refractivity (Wildman–Crippen MR) is 128 cm³/mol. The second-order valence-electron chi connectivity index (χ2n) is 9.72. The van der Waals surface area contributed by atoms with Crippen LogP contribution < -0.4 is 10.6 Å². The minimum Gasteiger partial charge on any atom is -0.446 e. The number of halogens is 6. The van der Waals surface area contributed by atoms with Gasteiger partial charge in [-0.15, -0.1) is 0 Å². The number of ether oxygens (including phenoxy) is 1. The summed E-state index contributed by atoms with van der Waals surface area (Å²) in [6.07, 6.45) is -7.46. The molecule has 2 heterocycles.